The van der Waals surface area contributed by atoms with Crippen molar-refractivity contribution in [3.63, 3.8) is 0 Å². The third kappa shape index (κ3) is 4.17. The predicted octanol–water partition coefficient (Wildman–Crippen LogP) is 3.40. The largest absolute Gasteiger partial charge is 0.445 e. The lowest BCUT2D eigenvalue weighted by Crippen LogP contribution is -2.63. The number of carbonyl (C=O) groups excluding carboxylic acids is 3. The van der Waals surface area contributed by atoms with E-state index in [1.54, 1.807) is 7.11 Å². The van der Waals surface area contributed by atoms with Gasteiger partial charge in [0.2, 0.25) is 5.91 Å². The van der Waals surface area contributed by atoms with Crippen LogP contribution < -0.4 is 5.32 Å². The molecule has 5 fully saturated rings. The zero-order valence-electron chi connectivity index (χ0n) is 23.3. The number of piperidine rings is 1. The van der Waals surface area contributed by atoms with Crippen LogP contribution in [0.3, 0.4) is 0 Å². The van der Waals surface area contributed by atoms with Crippen LogP contribution in [0.25, 0.3) is 0 Å². The fraction of sp³-hybridized carbons (Fsp3) is 0.897. The van der Waals surface area contributed by atoms with E-state index in [1.165, 1.54) is 0 Å². The Hall–Kier alpha value is -1.51. The molecule has 0 radical (unpaired) electrons. The van der Waals surface area contributed by atoms with Gasteiger partial charge in [0.1, 0.15) is 11.9 Å². The first-order valence-corrected chi connectivity index (χ1v) is 14.4. The minimum atomic E-state index is -0.722. The first kappa shape index (κ1) is 27.1. The van der Waals surface area contributed by atoms with Crippen molar-refractivity contribution in [2.24, 2.45) is 45.8 Å². The lowest BCUT2D eigenvalue weighted by atomic mass is 9.43. The van der Waals surface area contributed by atoms with Crippen LogP contribution in [-0.2, 0) is 19.1 Å². The molecule has 0 spiro atoms. The smallest absolute Gasteiger partial charge is 0.414 e. The number of nitrogens with one attached hydrogen (secondary N) is 1. The Morgan fingerprint density at radius 3 is 2.57 bits per heavy atom. The highest BCUT2D eigenvalue weighted by Gasteiger charge is 2.68. The molecule has 2 saturated heterocycles. The summed E-state index contributed by atoms with van der Waals surface area (Å²) in [5, 5.41) is 14.4. The molecule has 8 heteroatoms. The summed E-state index contributed by atoms with van der Waals surface area (Å²) >= 11 is 0. The van der Waals surface area contributed by atoms with Gasteiger partial charge in [-0.15, -0.1) is 0 Å². The number of imide groups is 1. The second-order valence-electron chi connectivity index (χ2n) is 13.6. The summed E-state index contributed by atoms with van der Waals surface area (Å²) in [5.41, 5.74) is -1.45. The number of ketones is 1. The van der Waals surface area contributed by atoms with E-state index < -0.39 is 29.1 Å². The molecule has 11 atom stereocenters. The van der Waals surface area contributed by atoms with E-state index in [1.807, 2.05) is 0 Å². The van der Waals surface area contributed by atoms with E-state index >= 15 is 0 Å². The second kappa shape index (κ2) is 9.60. The highest BCUT2D eigenvalue weighted by atomic mass is 16.6. The molecule has 3 aliphatic carbocycles. The fourth-order valence-corrected chi connectivity index (χ4v) is 9.37. The number of Topliss-reactive ketones (excluding diaryl/α,β-unsaturated/α-hetero) is 1. The van der Waals surface area contributed by atoms with Gasteiger partial charge in [-0.1, -0.05) is 27.7 Å². The van der Waals surface area contributed by atoms with Crippen LogP contribution in [0.15, 0.2) is 0 Å². The number of methoxy groups -OCH3 is 1. The Bertz CT molecular complexity index is 941. The van der Waals surface area contributed by atoms with Crippen molar-refractivity contribution < 1.29 is 29.0 Å². The maximum Gasteiger partial charge on any atom is 0.414 e. The summed E-state index contributed by atoms with van der Waals surface area (Å²) in [7, 11) is 1.66. The monoisotopic (exact) mass is 518 g/mol. The summed E-state index contributed by atoms with van der Waals surface area (Å²) in [6.45, 7) is 11.6. The van der Waals surface area contributed by atoms with Crippen LogP contribution in [-0.4, -0.2) is 73.3 Å². The van der Waals surface area contributed by atoms with E-state index in [9.17, 15) is 19.5 Å². The summed E-state index contributed by atoms with van der Waals surface area (Å²) in [6.07, 6.45) is 3.15. The molecule has 3 saturated carbocycles. The molecule has 0 aromatic rings. The van der Waals surface area contributed by atoms with Gasteiger partial charge >= 0.3 is 6.09 Å². The number of rotatable bonds is 5. The number of hydrogen-bond donors (Lipinski definition) is 2. The second-order valence-corrected chi connectivity index (χ2v) is 13.6. The Morgan fingerprint density at radius 2 is 1.92 bits per heavy atom. The van der Waals surface area contributed by atoms with Crippen molar-refractivity contribution in [1.29, 1.82) is 0 Å². The molecule has 37 heavy (non-hydrogen) atoms. The molecule has 5 rings (SSSR count). The quantitative estimate of drug-likeness (QED) is 0.575. The Morgan fingerprint density at radius 1 is 1.16 bits per heavy atom. The molecule has 0 aromatic carbocycles. The molecule has 0 aromatic heterocycles. The van der Waals surface area contributed by atoms with Crippen LogP contribution >= 0.6 is 0 Å². The summed E-state index contributed by atoms with van der Waals surface area (Å²) in [4.78, 5) is 42.1. The number of aliphatic hydroxyl groups excluding tert-OH is 1. The average Bonchev–Trinajstić information content (AvgIpc) is 3.59. The minimum absolute atomic E-state index is 0.0539. The van der Waals surface area contributed by atoms with Gasteiger partial charge < -0.3 is 19.5 Å². The zero-order valence-corrected chi connectivity index (χ0v) is 23.3. The number of fused-ring (bicyclic) bond motifs is 2. The SMILES string of the molecule is COCC[C@]1(C)C[C@@H](OC(=O)NC(=O)[C@H]2CN3CC[C@@H]2C3)[C@@]2(C)C3C(=O)CCC3(CC[C@H]2C)[C@@H](C)[C@@H]1O. The van der Waals surface area contributed by atoms with Gasteiger partial charge in [-0.05, 0) is 73.7 Å². The number of hydrogen-bond acceptors (Lipinski definition) is 7. The number of ether oxygens (including phenoxy) is 2. The van der Waals surface area contributed by atoms with Crippen LogP contribution in [0.2, 0.25) is 0 Å². The molecule has 8 nitrogen and oxygen atoms in total. The number of amides is 2. The molecular formula is C29H46N2O6. The third-order valence-electron chi connectivity index (χ3n) is 11.9. The topological polar surface area (TPSA) is 105 Å². The zero-order chi connectivity index (χ0) is 26.8. The average molecular weight is 519 g/mol. The van der Waals surface area contributed by atoms with Gasteiger partial charge in [-0.3, -0.25) is 14.9 Å². The molecule has 208 valence electrons. The van der Waals surface area contributed by atoms with Crippen molar-refractivity contribution in [3.05, 3.63) is 0 Å². The first-order chi connectivity index (χ1) is 17.5. The molecule has 5 aliphatic rings. The normalized spacial score (nSPS) is 48.8. The van der Waals surface area contributed by atoms with E-state index in [0.29, 0.717) is 38.3 Å². The van der Waals surface area contributed by atoms with Gasteiger partial charge in [-0.25, -0.2) is 4.79 Å². The van der Waals surface area contributed by atoms with Gasteiger partial charge in [0, 0.05) is 44.6 Å². The van der Waals surface area contributed by atoms with Crippen LogP contribution in [0.1, 0.15) is 72.6 Å². The van der Waals surface area contributed by atoms with E-state index in [-0.39, 0.29) is 40.8 Å². The highest BCUT2D eigenvalue weighted by Crippen LogP contribution is 2.68. The highest BCUT2D eigenvalue weighted by molar-refractivity contribution is 5.93. The van der Waals surface area contributed by atoms with Crippen molar-refractivity contribution in [3.8, 4) is 0 Å². The van der Waals surface area contributed by atoms with Gasteiger partial charge in [0.15, 0.2) is 0 Å². The maximum absolute atomic E-state index is 13.6. The van der Waals surface area contributed by atoms with Crippen molar-refractivity contribution >= 4 is 17.8 Å². The Kier molecular flexibility index (Phi) is 7.02. The van der Waals surface area contributed by atoms with E-state index in [4.69, 9.17) is 9.47 Å². The minimum Gasteiger partial charge on any atom is -0.445 e. The standard InChI is InChI=1S/C29H46N2O6/c1-17-6-9-29-10-7-21(32)23(29)28(17,4)22(14-27(3,11-13-36-5)24(33)18(29)2)37-26(35)30-25(34)20-16-31-12-8-19(20)15-31/h17-20,22-24,33H,6-16H2,1-5H3,(H,30,34,35)/t17-,18+,19-,20+,22-,23?,24+,27-,28+,29?/m1/s1. The maximum atomic E-state index is 13.6. The number of aliphatic hydroxyl groups is 1. The molecule has 2 aliphatic heterocycles. The Labute approximate surface area is 221 Å². The fourth-order valence-electron chi connectivity index (χ4n) is 9.37. The van der Waals surface area contributed by atoms with Crippen LogP contribution in [0, 0.1) is 45.8 Å². The van der Waals surface area contributed by atoms with Gasteiger partial charge in [0.25, 0.3) is 0 Å². The van der Waals surface area contributed by atoms with Crippen molar-refractivity contribution in [2.75, 3.05) is 33.4 Å². The number of carbonyl (C=O) groups is 3. The molecule has 2 heterocycles. The lowest BCUT2D eigenvalue weighted by Gasteiger charge is -2.62. The van der Waals surface area contributed by atoms with Crippen LogP contribution in [0.5, 0.6) is 0 Å². The molecule has 3 unspecified atom stereocenters. The molecule has 2 N–H and O–H groups in total. The molecular weight excluding hydrogens is 472 g/mol. The van der Waals surface area contributed by atoms with Crippen molar-refractivity contribution in [1.82, 2.24) is 10.2 Å². The summed E-state index contributed by atoms with van der Waals surface area (Å²) < 4.78 is 11.6. The first-order valence-electron chi connectivity index (χ1n) is 14.4. The van der Waals surface area contributed by atoms with Gasteiger partial charge in [0.05, 0.1) is 12.0 Å². The number of nitrogens with zero attached hydrogens (tertiary/aromatic N) is 1. The van der Waals surface area contributed by atoms with Crippen LogP contribution in [0.4, 0.5) is 4.79 Å². The molecule has 2 amide bonds. The lowest BCUT2D eigenvalue weighted by molar-refractivity contribution is -0.200. The van der Waals surface area contributed by atoms with Gasteiger partial charge in [-0.2, -0.15) is 0 Å². The summed E-state index contributed by atoms with van der Waals surface area (Å²) in [6, 6.07) is 0. The predicted molar refractivity (Wildman–Crippen MR) is 138 cm³/mol. The molecule has 4 bridgehead atoms. The third-order valence-corrected chi connectivity index (χ3v) is 11.9. The van der Waals surface area contributed by atoms with E-state index in [0.717, 1.165) is 38.8 Å². The van der Waals surface area contributed by atoms with E-state index in [2.05, 4.69) is 37.9 Å². The Balaban J connectivity index is 1.46. The van der Waals surface area contributed by atoms with Crippen molar-refractivity contribution in [2.45, 2.75) is 84.8 Å². The summed E-state index contributed by atoms with van der Waals surface area (Å²) in [5.74, 6) is -0.0679. The number of alkyl carbamates (subject to hydrolysis) is 1.